The molecule has 0 amide bonds. The van der Waals surface area contributed by atoms with E-state index in [0.29, 0.717) is 18.3 Å². The maximum Gasteiger partial charge on any atom is 0.241 e. The van der Waals surface area contributed by atoms with Crippen LogP contribution in [0.3, 0.4) is 0 Å². The van der Waals surface area contributed by atoms with Crippen LogP contribution < -0.4 is 9.80 Å². The van der Waals surface area contributed by atoms with Crippen molar-refractivity contribution in [3.8, 4) is 11.4 Å². The second-order valence-corrected chi connectivity index (χ2v) is 9.21. The molecular formula is C25H32N6O. The summed E-state index contributed by atoms with van der Waals surface area (Å²) in [5.74, 6) is 3.04. The number of anilines is 2. The zero-order valence-corrected chi connectivity index (χ0v) is 19.1. The second kappa shape index (κ2) is 9.28. The van der Waals surface area contributed by atoms with Crippen LogP contribution in [0.15, 0.2) is 47.1 Å². The van der Waals surface area contributed by atoms with Crippen molar-refractivity contribution >= 4 is 11.5 Å². The lowest BCUT2D eigenvalue weighted by Crippen LogP contribution is -2.46. The van der Waals surface area contributed by atoms with Gasteiger partial charge in [0.25, 0.3) is 0 Å². The molecule has 3 aromatic rings. The summed E-state index contributed by atoms with van der Waals surface area (Å²) in [5.41, 5.74) is 3.51. The van der Waals surface area contributed by atoms with Crippen molar-refractivity contribution in [2.24, 2.45) is 5.92 Å². The molecule has 1 atom stereocenters. The summed E-state index contributed by atoms with van der Waals surface area (Å²) in [4.78, 5) is 16.5. The summed E-state index contributed by atoms with van der Waals surface area (Å²) in [6, 6.07) is 12.9. The van der Waals surface area contributed by atoms with Crippen LogP contribution in [0.1, 0.15) is 31.2 Å². The highest BCUT2D eigenvalue weighted by molar-refractivity contribution is 5.56. The number of piperidine rings is 1. The van der Waals surface area contributed by atoms with Gasteiger partial charge in [0.05, 0.1) is 6.54 Å². The van der Waals surface area contributed by atoms with E-state index in [1.54, 1.807) is 0 Å². The molecule has 168 valence electrons. The first-order chi connectivity index (χ1) is 15.6. The molecule has 1 unspecified atom stereocenters. The molecule has 7 heteroatoms. The predicted octanol–water partition coefficient (Wildman–Crippen LogP) is 4.00. The molecular weight excluding hydrogens is 400 g/mol. The monoisotopic (exact) mass is 432 g/mol. The number of rotatable bonds is 5. The molecule has 2 saturated heterocycles. The van der Waals surface area contributed by atoms with Crippen molar-refractivity contribution in [1.29, 1.82) is 0 Å². The van der Waals surface area contributed by atoms with Gasteiger partial charge in [-0.25, -0.2) is 4.98 Å². The number of aryl methyl sites for hydroxylation is 1. The van der Waals surface area contributed by atoms with Gasteiger partial charge in [0.15, 0.2) is 0 Å². The van der Waals surface area contributed by atoms with Crippen molar-refractivity contribution in [1.82, 2.24) is 20.0 Å². The van der Waals surface area contributed by atoms with Gasteiger partial charge in [-0.15, -0.1) is 0 Å². The first kappa shape index (κ1) is 20.9. The lowest BCUT2D eigenvalue weighted by Gasteiger charge is -2.35. The van der Waals surface area contributed by atoms with Crippen LogP contribution >= 0.6 is 0 Å². The van der Waals surface area contributed by atoms with Crippen LogP contribution in [0.4, 0.5) is 11.5 Å². The van der Waals surface area contributed by atoms with E-state index in [1.807, 2.05) is 6.20 Å². The van der Waals surface area contributed by atoms with E-state index in [4.69, 9.17) is 4.52 Å². The van der Waals surface area contributed by atoms with Gasteiger partial charge in [0.2, 0.25) is 11.7 Å². The largest absolute Gasteiger partial charge is 0.369 e. The Morgan fingerprint density at radius 3 is 2.66 bits per heavy atom. The Labute approximate surface area is 190 Å². The smallest absolute Gasteiger partial charge is 0.241 e. The van der Waals surface area contributed by atoms with Crippen molar-refractivity contribution in [3.05, 3.63) is 54.0 Å². The van der Waals surface area contributed by atoms with Crippen LogP contribution in [0.2, 0.25) is 0 Å². The van der Waals surface area contributed by atoms with E-state index in [0.717, 1.165) is 56.6 Å². The van der Waals surface area contributed by atoms with Gasteiger partial charge in [0, 0.05) is 56.7 Å². The SMILES string of the molecule is Cc1cccc(N2CCN(Cc3nc(-c4ccc(N5CCCC(C)C5)nc4)no3)CC2)c1. The maximum atomic E-state index is 5.56. The van der Waals surface area contributed by atoms with Gasteiger partial charge >= 0.3 is 0 Å². The molecule has 5 rings (SSSR count). The highest BCUT2D eigenvalue weighted by atomic mass is 16.5. The molecule has 0 saturated carbocycles. The molecule has 32 heavy (non-hydrogen) atoms. The van der Waals surface area contributed by atoms with E-state index < -0.39 is 0 Å². The summed E-state index contributed by atoms with van der Waals surface area (Å²) >= 11 is 0. The Hall–Kier alpha value is -2.93. The normalized spacial score (nSPS) is 20.0. The number of nitrogens with zero attached hydrogens (tertiary/aromatic N) is 6. The summed E-state index contributed by atoms with van der Waals surface area (Å²) in [6.45, 7) is 11.3. The molecule has 0 bridgehead atoms. The highest BCUT2D eigenvalue weighted by Crippen LogP contribution is 2.24. The molecule has 0 aliphatic carbocycles. The van der Waals surface area contributed by atoms with E-state index in [2.05, 4.69) is 80.1 Å². The summed E-state index contributed by atoms with van der Waals surface area (Å²) in [7, 11) is 0. The zero-order chi connectivity index (χ0) is 21.9. The van der Waals surface area contributed by atoms with Gasteiger partial charge in [-0.3, -0.25) is 4.90 Å². The summed E-state index contributed by atoms with van der Waals surface area (Å²) < 4.78 is 5.56. The fraction of sp³-hybridized carbons (Fsp3) is 0.480. The molecule has 2 aromatic heterocycles. The van der Waals surface area contributed by atoms with Crippen LogP contribution in [0, 0.1) is 12.8 Å². The maximum absolute atomic E-state index is 5.56. The Bertz CT molecular complexity index is 1020. The van der Waals surface area contributed by atoms with E-state index >= 15 is 0 Å². The van der Waals surface area contributed by atoms with Gasteiger partial charge in [-0.05, 0) is 55.5 Å². The third kappa shape index (κ3) is 4.78. The van der Waals surface area contributed by atoms with Crippen molar-refractivity contribution in [3.63, 3.8) is 0 Å². The first-order valence-electron chi connectivity index (χ1n) is 11.7. The minimum absolute atomic E-state index is 0.615. The van der Waals surface area contributed by atoms with E-state index in [-0.39, 0.29) is 0 Å². The number of hydrogen-bond donors (Lipinski definition) is 0. The van der Waals surface area contributed by atoms with Gasteiger partial charge in [-0.1, -0.05) is 24.2 Å². The third-order valence-corrected chi connectivity index (χ3v) is 6.55. The average Bonchev–Trinajstić information content (AvgIpc) is 3.28. The van der Waals surface area contributed by atoms with Crippen molar-refractivity contribution < 1.29 is 4.52 Å². The van der Waals surface area contributed by atoms with Crippen molar-refractivity contribution in [2.75, 3.05) is 49.1 Å². The Kier molecular flexibility index (Phi) is 6.08. The van der Waals surface area contributed by atoms with Gasteiger partial charge in [0.1, 0.15) is 5.82 Å². The quantitative estimate of drug-likeness (QED) is 0.604. The number of hydrogen-bond acceptors (Lipinski definition) is 7. The number of pyridine rings is 1. The van der Waals surface area contributed by atoms with E-state index in [1.165, 1.54) is 24.1 Å². The fourth-order valence-electron chi connectivity index (χ4n) is 4.72. The number of piperazine rings is 1. The molecule has 0 N–H and O–H groups in total. The summed E-state index contributed by atoms with van der Waals surface area (Å²) in [6.07, 6.45) is 4.41. The van der Waals surface area contributed by atoms with Crippen molar-refractivity contribution in [2.45, 2.75) is 33.2 Å². The Balaban J connectivity index is 1.17. The topological polar surface area (TPSA) is 61.5 Å². The van der Waals surface area contributed by atoms with Crippen LogP contribution in [-0.2, 0) is 6.54 Å². The molecule has 0 spiro atoms. The number of aromatic nitrogens is 3. The molecule has 2 aliphatic heterocycles. The van der Waals surface area contributed by atoms with Gasteiger partial charge in [-0.2, -0.15) is 4.98 Å². The molecule has 2 aliphatic rings. The molecule has 7 nitrogen and oxygen atoms in total. The lowest BCUT2D eigenvalue weighted by molar-refractivity contribution is 0.215. The first-order valence-corrected chi connectivity index (χ1v) is 11.7. The molecule has 1 aromatic carbocycles. The minimum Gasteiger partial charge on any atom is -0.369 e. The predicted molar refractivity (Wildman–Crippen MR) is 127 cm³/mol. The Morgan fingerprint density at radius 1 is 1.03 bits per heavy atom. The molecule has 0 radical (unpaired) electrons. The van der Waals surface area contributed by atoms with E-state index in [9.17, 15) is 0 Å². The molecule has 2 fully saturated rings. The summed E-state index contributed by atoms with van der Waals surface area (Å²) in [5, 5.41) is 4.20. The second-order valence-electron chi connectivity index (χ2n) is 9.21. The minimum atomic E-state index is 0.615. The van der Waals surface area contributed by atoms with Crippen LogP contribution in [0.25, 0.3) is 11.4 Å². The van der Waals surface area contributed by atoms with Gasteiger partial charge < -0.3 is 14.3 Å². The average molecular weight is 433 g/mol. The molecule has 4 heterocycles. The fourth-order valence-corrected chi connectivity index (χ4v) is 4.72. The number of benzene rings is 1. The highest BCUT2D eigenvalue weighted by Gasteiger charge is 2.21. The third-order valence-electron chi connectivity index (χ3n) is 6.55. The Morgan fingerprint density at radius 2 is 1.91 bits per heavy atom. The zero-order valence-electron chi connectivity index (χ0n) is 19.1. The van der Waals surface area contributed by atoms with Crippen LogP contribution in [0.5, 0.6) is 0 Å². The van der Waals surface area contributed by atoms with Crippen LogP contribution in [-0.4, -0.2) is 59.3 Å². The standard InChI is InChI=1S/C25H32N6O/c1-19-5-3-7-22(15-19)30-13-11-29(12-14-30)18-24-27-25(28-32-24)21-8-9-23(26-16-21)31-10-4-6-20(2)17-31/h3,5,7-9,15-16,20H,4,6,10-14,17-18H2,1-2H3. The lowest BCUT2D eigenvalue weighted by atomic mass is 10.0.